The SMILES string of the molecule is CN(C)c1ccc(NC(=O)[C@H]2CCCCN2Cc2cccnc2)nc1. The van der Waals surface area contributed by atoms with E-state index in [0.29, 0.717) is 5.82 Å². The fourth-order valence-electron chi connectivity index (χ4n) is 3.14. The van der Waals surface area contributed by atoms with E-state index in [1.54, 1.807) is 12.4 Å². The van der Waals surface area contributed by atoms with E-state index in [0.717, 1.165) is 43.6 Å². The van der Waals surface area contributed by atoms with E-state index in [1.165, 1.54) is 0 Å². The molecule has 0 aromatic carbocycles. The van der Waals surface area contributed by atoms with Crippen molar-refractivity contribution in [3.63, 3.8) is 0 Å². The minimum Gasteiger partial charge on any atom is -0.376 e. The number of carbonyl (C=O) groups is 1. The summed E-state index contributed by atoms with van der Waals surface area (Å²) in [6.45, 7) is 1.68. The molecular weight excluding hydrogens is 314 g/mol. The zero-order valence-corrected chi connectivity index (χ0v) is 14.9. The highest BCUT2D eigenvalue weighted by atomic mass is 16.2. The summed E-state index contributed by atoms with van der Waals surface area (Å²) in [5, 5.41) is 2.97. The first-order chi connectivity index (χ1) is 12.1. The highest BCUT2D eigenvalue weighted by Gasteiger charge is 2.28. The van der Waals surface area contributed by atoms with Gasteiger partial charge in [0.25, 0.3) is 0 Å². The molecule has 2 aromatic heterocycles. The molecule has 6 heteroatoms. The van der Waals surface area contributed by atoms with Crippen molar-refractivity contribution in [3.8, 4) is 0 Å². The first-order valence-electron chi connectivity index (χ1n) is 8.70. The lowest BCUT2D eigenvalue weighted by Gasteiger charge is -2.34. The van der Waals surface area contributed by atoms with Crippen LogP contribution in [-0.2, 0) is 11.3 Å². The Balaban J connectivity index is 1.66. The van der Waals surface area contributed by atoms with Gasteiger partial charge in [-0.15, -0.1) is 0 Å². The summed E-state index contributed by atoms with van der Waals surface area (Å²) in [4.78, 5) is 25.5. The number of nitrogens with one attached hydrogen (secondary N) is 1. The Kier molecular flexibility index (Phi) is 5.60. The topological polar surface area (TPSA) is 61.4 Å². The molecule has 3 heterocycles. The van der Waals surface area contributed by atoms with Crippen LogP contribution in [0.25, 0.3) is 0 Å². The molecule has 25 heavy (non-hydrogen) atoms. The maximum absolute atomic E-state index is 12.8. The van der Waals surface area contributed by atoms with E-state index in [4.69, 9.17) is 0 Å². The predicted octanol–water partition coefficient (Wildman–Crippen LogP) is 2.54. The van der Waals surface area contributed by atoms with Crippen molar-refractivity contribution in [2.75, 3.05) is 30.9 Å². The number of aromatic nitrogens is 2. The Hall–Kier alpha value is -2.47. The Bertz CT molecular complexity index is 687. The molecule has 1 fully saturated rings. The molecule has 0 spiro atoms. The van der Waals surface area contributed by atoms with E-state index in [-0.39, 0.29) is 11.9 Å². The van der Waals surface area contributed by atoms with Crippen LogP contribution in [0.4, 0.5) is 11.5 Å². The monoisotopic (exact) mass is 339 g/mol. The molecule has 0 unspecified atom stereocenters. The number of anilines is 2. The Morgan fingerprint density at radius 3 is 2.84 bits per heavy atom. The minimum absolute atomic E-state index is 0.0219. The highest BCUT2D eigenvalue weighted by Crippen LogP contribution is 2.21. The van der Waals surface area contributed by atoms with Crippen LogP contribution in [0.1, 0.15) is 24.8 Å². The van der Waals surface area contributed by atoms with Crippen LogP contribution in [-0.4, -0.2) is 47.5 Å². The summed E-state index contributed by atoms with van der Waals surface area (Å²) in [6.07, 6.45) is 8.48. The molecule has 6 nitrogen and oxygen atoms in total. The zero-order valence-electron chi connectivity index (χ0n) is 14.9. The third-order valence-electron chi connectivity index (χ3n) is 4.54. The molecule has 1 aliphatic heterocycles. The summed E-state index contributed by atoms with van der Waals surface area (Å²) in [6, 6.07) is 7.67. The number of nitrogens with zero attached hydrogens (tertiary/aromatic N) is 4. The number of rotatable bonds is 5. The third-order valence-corrected chi connectivity index (χ3v) is 4.54. The van der Waals surface area contributed by atoms with Gasteiger partial charge in [-0.25, -0.2) is 4.98 Å². The van der Waals surface area contributed by atoms with Crippen LogP contribution in [0.15, 0.2) is 42.9 Å². The Morgan fingerprint density at radius 1 is 1.28 bits per heavy atom. The quantitative estimate of drug-likeness (QED) is 0.907. The number of hydrogen-bond acceptors (Lipinski definition) is 5. The Morgan fingerprint density at radius 2 is 2.16 bits per heavy atom. The molecule has 2 aromatic rings. The molecule has 0 saturated carbocycles. The number of hydrogen-bond donors (Lipinski definition) is 1. The highest BCUT2D eigenvalue weighted by molar-refractivity contribution is 5.94. The summed E-state index contributed by atoms with van der Waals surface area (Å²) >= 11 is 0. The maximum Gasteiger partial charge on any atom is 0.242 e. The van der Waals surface area contributed by atoms with E-state index >= 15 is 0 Å². The number of piperidine rings is 1. The number of likely N-dealkylation sites (tertiary alicyclic amines) is 1. The van der Waals surface area contributed by atoms with Crippen molar-refractivity contribution in [3.05, 3.63) is 48.4 Å². The van der Waals surface area contributed by atoms with Gasteiger partial charge in [0.1, 0.15) is 5.82 Å². The lowest BCUT2D eigenvalue weighted by atomic mass is 10.0. The van der Waals surface area contributed by atoms with Gasteiger partial charge in [0.05, 0.1) is 17.9 Å². The summed E-state index contributed by atoms with van der Waals surface area (Å²) in [7, 11) is 3.93. The van der Waals surface area contributed by atoms with Crippen LogP contribution in [0, 0.1) is 0 Å². The van der Waals surface area contributed by atoms with Gasteiger partial charge in [-0.05, 0) is 43.1 Å². The number of pyridine rings is 2. The van der Waals surface area contributed by atoms with Crippen LogP contribution in [0.2, 0.25) is 0 Å². The minimum atomic E-state index is -0.121. The predicted molar refractivity (Wildman–Crippen MR) is 99.5 cm³/mol. The summed E-state index contributed by atoms with van der Waals surface area (Å²) < 4.78 is 0. The molecule has 1 amide bonds. The second-order valence-corrected chi connectivity index (χ2v) is 6.63. The molecule has 1 atom stereocenters. The summed E-state index contributed by atoms with van der Waals surface area (Å²) in [5.74, 6) is 0.621. The second kappa shape index (κ2) is 8.07. The van der Waals surface area contributed by atoms with Crippen molar-refractivity contribution < 1.29 is 4.79 Å². The molecule has 132 valence electrons. The van der Waals surface area contributed by atoms with Gasteiger partial charge in [0.2, 0.25) is 5.91 Å². The number of carbonyl (C=O) groups excluding carboxylic acids is 1. The molecule has 1 saturated heterocycles. The largest absolute Gasteiger partial charge is 0.376 e. The first-order valence-corrected chi connectivity index (χ1v) is 8.70. The van der Waals surface area contributed by atoms with Crippen molar-refractivity contribution in [1.82, 2.24) is 14.9 Å². The van der Waals surface area contributed by atoms with E-state index < -0.39 is 0 Å². The van der Waals surface area contributed by atoms with Crippen LogP contribution < -0.4 is 10.2 Å². The summed E-state index contributed by atoms with van der Waals surface area (Å²) in [5.41, 5.74) is 2.14. The van der Waals surface area contributed by atoms with Crippen molar-refractivity contribution in [2.24, 2.45) is 0 Å². The van der Waals surface area contributed by atoms with Crippen LogP contribution in [0.5, 0.6) is 0 Å². The van der Waals surface area contributed by atoms with Crippen molar-refractivity contribution in [1.29, 1.82) is 0 Å². The van der Waals surface area contributed by atoms with Gasteiger partial charge in [-0.3, -0.25) is 14.7 Å². The fraction of sp³-hybridized carbons (Fsp3) is 0.421. The van der Waals surface area contributed by atoms with Gasteiger partial charge < -0.3 is 10.2 Å². The van der Waals surface area contributed by atoms with Gasteiger partial charge >= 0.3 is 0 Å². The third kappa shape index (κ3) is 4.54. The van der Waals surface area contributed by atoms with Crippen LogP contribution in [0.3, 0.4) is 0 Å². The van der Waals surface area contributed by atoms with E-state index in [2.05, 4.69) is 26.3 Å². The molecule has 3 rings (SSSR count). The lowest BCUT2D eigenvalue weighted by molar-refractivity contribution is -0.122. The van der Waals surface area contributed by atoms with Crippen molar-refractivity contribution in [2.45, 2.75) is 31.8 Å². The molecule has 0 aliphatic carbocycles. The lowest BCUT2D eigenvalue weighted by Crippen LogP contribution is -2.46. The molecule has 1 aliphatic rings. The normalized spacial score (nSPS) is 17.9. The standard InChI is InChI=1S/C19H25N5O/c1-23(2)16-8-9-18(21-13-16)22-19(25)17-7-3-4-11-24(17)14-15-6-5-10-20-12-15/h5-6,8-10,12-13,17H,3-4,7,11,14H2,1-2H3,(H,21,22,25)/t17-/m1/s1. The first kappa shape index (κ1) is 17.4. The van der Waals surface area contributed by atoms with Crippen molar-refractivity contribution >= 4 is 17.4 Å². The molecule has 0 radical (unpaired) electrons. The Labute approximate surface area is 148 Å². The molecule has 0 bridgehead atoms. The molecular formula is C19H25N5O. The van der Waals surface area contributed by atoms with E-state index in [9.17, 15) is 4.79 Å². The molecule has 1 N–H and O–H groups in total. The smallest absolute Gasteiger partial charge is 0.242 e. The average Bonchev–Trinajstić information content (AvgIpc) is 2.63. The van der Waals surface area contributed by atoms with Crippen LogP contribution >= 0.6 is 0 Å². The number of amides is 1. The van der Waals surface area contributed by atoms with Gasteiger partial charge in [-0.2, -0.15) is 0 Å². The van der Waals surface area contributed by atoms with Gasteiger partial charge in [0, 0.05) is 33.0 Å². The zero-order chi connectivity index (χ0) is 17.6. The second-order valence-electron chi connectivity index (χ2n) is 6.63. The fourth-order valence-corrected chi connectivity index (χ4v) is 3.14. The van der Waals surface area contributed by atoms with Gasteiger partial charge in [-0.1, -0.05) is 12.5 Å². The van der Waals surface area contributed by atoms with E-state index in [1.807, 2.05) is 43.4 Å². The average molecular weight is 339 g/mol. The maximum atomic E-state index is 12.8. The van der Waals surface area contributed by atoms with Gasteiger partial charge in [0.15, 0.2) is 0 Å².